The van der Waals surface area contributed by atoms with Crippen molar-refractivity contribution in [2.45, 2.75) is 38.8 Å². The maximum atomic E-state index is 11.5. The summed E-state index contributed by atoms with van der Waals surface area (Å²) in [7, 11) is 0. The number of carbonyl (C=O) groups excluding carboxylic acids is 2. The van der Waals surface area contributed by atoms with Crippen LogP contribution in [0.15, 0.2) is 0 Å². The first-order valence-electron chi connectivity index (χ1n) is 6.42. The van der Waals surface area contributed by atoms with Crippen LogP contribution in [0.25, 0.3) is 0 Å². The molecule has 6 nitrogen and oxygen atoms in total. The van der Waals surface area contributed by atoms with Crippen molar-refractivity contribution in [1.82, 2.24) is 10.6 Å². The molecule has 1 aliphatic rings. The molecule has 0 saturated carbocycles. The molecule has 2 amide bonds. The van der Waals surface area contributed by atoms with E-state index < -0.39 is 6.04 Å². The summed E-state index contributed by atoms with van der Waals surface area (Å²) in [6, 6.07) is -0.573. The Morgan fingerprint density at radius 3 is 2.58 bits per heavy atom. The predicted molar refractivity (Wildman–Crippen MR) is 75.1 cm³/mol. The molecule has 1 rings (SSSR count). The van der Waals surface area contributed by atoms with Crippen LogP contribution in [0, 0.1) is 5.92 Å². The number of halogens is 1. The molecule has 1 heterocycles. The summed E-state index contributed by atoms with van der Waals surface area (Å²) in [5.41, 5.74) is 5.66. The fourth-order valence-corrected chi connectivity index (χ4v) is 1.68. The van der Waals surface area contributed by atoms with E-state index >= 15 is 0 Å². The molecule has 19 heavy (non-hydrogen) atoms. The Morgan fingerprint density at radius 2 is 2.05 bits per heavy atom. The number of hydrogen-bond acceptors (Lipinski definition) is 4. The van der Waals surface area contributed by atoms with Gasteiger partial charge in [0.15, 0.2) is 0 Å². The fourth-order valence-electron chi connectivity index (χ4n) is 1.68. The Kier molecular flexibility index (Phi) is 8.71. The van der Waals surface area contributed by atoms with Crippen molar-refractivity contribution >= 4 is 24.2 Å². The van der Waals surface area contributed by atoms with Crippen LogP contribution in [0.3, 0.4) is 0 Å². The second-order valence-electron chi connectivity index (χ2n) is 4.93. The predicted octanol–water partition coefficient (Wildman–Crippen LogP) is -0.197. The van der Waals surface area contributed by atoms with Gasteiger partial charge in [0.2, 0.25) is 11.8 Å². The molecule has 2 atom stereocenters. The largest absolute Gasteiger partial charge is 0.376 e. The van der Waals surface area contributed by atoms with Crippen molar-refractivity contribution < 1.29 is 14.3 Å². The lowest BCUT2D eigenvalue weighted by Gasteiger charge is -2.15. The molecule has 1 unspecified atom stereocenters. The highest BCUT2D eigenvalue weighted by molar-refractivity contribution is 5.87. The van der Waals surface area contributed by atoms with Crippen LogP contribution >= 0.6 is 12.4 Å². The number of hydrogen-bond donors (Lipinski definition) is 3. The van der Waals surface area contributed by atoms with E-state index in [0.29, 0.717) is 6.54 Å². The monoisotopic (exact) mass is 293 g/mol. The van der Waals surface area contributed by atoms with Gasteiger partial charge in [0.05, 0.1) is 18.7 Å². The maximum Gasteiger partial charge on any atom is 0.239 e. The van der Waals surface area contributed by atoms with E-state index in [-0.39, 0.29) is 42.8 Å². The first kappa shape index (κ1) is 18.1. The van der Waals surface area contributed by atoms with Crippen LogP contribution in [-0.4, -0.2) is 43.7 Å². The van der Waals surface area contributed by atoms with Crippen LogP contribution in [0.4, 0.5) is 0 Å². The molecule has 0 spiro atoms. The molecule has 1 aliphatic heterocycles. The van der Waals surface area contributed by atoms with Gasteiger partial charge in [-0.15, -0.1) is 12.4 Å². The lowest BCUT2D eigenvalue weighted by Crippen LogP contribution is -2.47. The van der Waals surface area contributed by atoms with Gasteiger partial charge >= 0.3 is 0 Å². The van der Waals surface area contributed by atoms with Gasteiger partial charge in [0.1, 0.15) is 0 Å². The number of nitrogens with two attached hydrogens (primary N) is 1. The van der Waals surface area contributed by atoms with E-state index in [1.165, 1.54) is 0 Å². The molecule has 0 aromatic rings. The van der Waals surface area contributed by atoms with Crippen molar-refractivity contribution in [3.8, 4) is 0 Å². The summed E-state index contributed by atoms with van der Waals surface area (Å²) in [6.07, 6.45) is 2.13. The van der Waals surface area contributed by atoms with Crippen LogP contribution in [0.2, 0.25) is 0 Å². The Hall–Kier alpha value is -0.850. The minimum absolute atomic E-state index is 0. The van der Waals surface area contributed by atoms with Gasteiger partial charge in [-0.1, -0.05) is 13.8 Å². The van der Waals surface area contributed by atoms with Crippen LogP contribution in [0.1, 0.15) is 26.7 Å². The van der Waals surface area contributed by atoms with Gasteiger partial charge in [-0.2, -0.15) is 0 Å². The molecule has 0 aromatic carbocycles. The summed E-state index contributed by atoms with van der Waals surface area (Å²) in [6.45, 7) is 4.96. The van der Waals surface area contributed by atoms with Gasteiger partial charge in [0.25, 0.3) is 0 Å². The zero-order valence-electron chi connectivity index (χ0n) is 11.5. The zero-order valence-corrected chi connectivity index (χ0v) is 12.3. The summed E-state index contributed by atoms with van der Waals surface area (Å²) in [5, 5.41) is 5.25. The lowest BCUT2D eigenvalue weighted by molar-refractivity contribution is -0.127. The van der Waals surface area contributed by atoms with Crippen molar-refractivity contribution in [3.05, 3.63) is 0 Å². The molecule has 7 heteroatoms. The minimum atomic E-state index is -0.573. The van der Waals surface area contributed by atoms with Crippen molar-refractivity contribution in [1.29, 1.82) is 0 Å². The maximum absolute atomic E-state index is 11.5. The molecule has 0 radical (unpaired) electrons. The molecular weight excluding hydrogens is 270 g/mol. The van der Waals surface area contributed by atoms with E-state index in [2.05, 4.69) is 10.6 Å². The highest BCUT2D eigenvalue weighted by Gasteiger charge is 2.19. The van der Waals surface area contributed by atoms with Gasteiger partial charge in [-0.3, -0.25) is 9.59 Å². The van der Waals surface area contributed by atoms with E-state index in [1.54, 1.807) is 0 Å². The van der Waals surface area contributed by atoms with Gasteiger partial charge in [-0.25, -0.2) is 0 Å². The number of amides is 2. The SMILES string of the molecule is CC(C)[C@H](N)C(=O)NCC(=O)NCC1CCCO1.Cl. The van der Waals surface area contributed by atoms with E-state index in [1.807, 2.05) is 13.8 Å². The van der Waals surface area contributed by atoms with Gasteiger partial charge in [-0.05, 0) is 18.8 Å². The lowest BCUT2D eigenvalue weighted by atomic mass is 10.1. The number of nitrogens with one attached hydrogen (secondary N) is 2. The normalized spacial score (nSPS) is 19.7. The average molecular weight is 294 g/mol. The van der Waals surface area contributed by atoms with Crippen LogP contribution < -0.4 is 16.4 Å². The van der Waals surface area contributed by atoms with Crippen molar-refractivity contribution in [2.75, 3.05) is 19.7 Å². The molecular formula is C12H24ClN3O3. The molecule has 0 aliphatic carbocycles. The zero-order chi connectivity index (χ0) is 13.5. The van der Waals surface area contributed by atoms with E-state index in [9.17, 15) is 9.59 Å². The third-order valence-corrected chi connectivity index (χ3v) is 3.00. The summed E-state index contributed by atoms with van der Waals surface area (Å²) in [5.74, 6) is -0.452. The van der Waals surface area contributed by atoms with Crippen LogP contribution in [0.5, 0.6) is 0 Å². The van der Waals surface area contributed by atoms with Gasteiger partial charge < -0.3 is 21.1 Å². The van der Waals surface area contributed by atoms with Crippen molar-refractivity contribution in [2.24, 2.45) is 11.7 Å². The number of carbonyl (C=O) groups is 2. The average Bonchev–Trinajstić information content (AvgIpc) is 2.85. The fraction of sp³-hybridized carbons (Fsp3) is 0.833. The first-order valence-corrected chi connectivity index (χ1v) is 6.42. The summed E-state index contributed by atoms with van der Waals surface area (Å²) < 4.78 is 5.38. The van der Waals surface area contributed by atoms with Crippen LogP contribution in [-0.2, 0) is 14.3 Å². The Bertz CT molecular complexity index is 294. The third-order valence-electron chi connectivity index (χ3n) is 3.00. The standard InChI is InChI=1S/C12H23N3O3.ClH/c1-8(2)11(13)12(17)15-7-10(16)14-6-9-4-3-5-18-9;/h8-9,11H,3-7,13H2,1-2H3,(H,14,16)(H,15,17);1H/t9?,11-;/m0./s1. The smallest absolute Gasteiger partial charge is 0.239 e. The Balaban J connectivity index is 0.00000324. The van der Waals surface area contributed by atoms with Crippen molar-refractivity contribution in [3.63, 3.8) is 0 Å². The quantitative estimate of drug-likeness (QED) is 0.632. The molecule has 0 aromatic heterocycles. The minimum Gasteiger partial charge on any atom is -0.376 e. The number of ether oxygens (including phenoxy) is 1. The second-order valence-corrected chi connectivity index (χ2v) is 4.93. The molecule has 0 bridgehead atoms. The molecule has 1 saturated heterocycles. The number of rotatable bonds is 6. The topological polar surface area (TPSA) is 93.5 Å². The van der Waals surface area contributed by atoms with Gasteiger partial charge in [0, 0.05) is 13.2 Å². The molecule has 4 N–H and O–H groups in total. The second kappa shape index (κ2) is 9.12. The first-order chi connectivity index (χ1) is 8.50. The highest BCUT2D eigenvalue weighted by Crippen LogP contribution is 2.10. The Labute approximate surface area is 120 Å². The highest BCUT2D eigenvalue weighted by atomic mass is 35.5. The Morgan fingerprint density at radius 1 is 1.37 bits per heavy atom. The molecule has 112 valence electrons. The summed E-state index contributed by atoms with van der Waals surface area (Å²) in [4.78, 5) is 23.0. The van der Waals surface area contributed by atoms with E-state index in [4.69, 9.17) is 10.5 Å². The van der Waals surface area contributed by atoms with E-state index in [0.717, 1.165) is 19.4 Å². The molecule has 1 fully saturated rings. The summed E-state index contributed by atoms with van der Waals surface area (Å²) >= 11 is 0. The third kappa shape index (κ3) is 6.75.